The van der Waals surface area contributed by atoms with E-state index in [-0.39, 0.29) is 6.10 Å². The van der Waals surface area contributed by atoms with Crippen molar-refractivity contribution in [2.75, 3.05) is 0 Å². The summed E-state index contributed by atoms with van der Waals surface area (Å²) < 4.78 is 5.13. The van der Waals surface area contributed by atoms with Crippen LogP contribution in [0.4, 0.5) is 0 Å². The van der Waals surface area contributed by atoms with Gasteiger partial charge in [-0.1, -0.05) is 13.8 Å². The van der Waals surface area contributed by atoms with Gasteiger partial charge in [0, 0.05) is 6.42 Å². The van der Waals surface area contributed by atoms with Crippen LogP contribution in [0.25, 0.3) is 0 Å². The molecule has 1 aromatic rings. The van der Waals surface area contributed by atoms with Crippen LogP contribution in [0, 0.1) is 22.2 Å². The summed E-state index contributed by atoms with van der Waals surface area (Å²) in [6, 6.07) is 1.98. The molecule has 2 heteroatoms. The van der Waals surface area contributed by atoms with Crippen LogP contribution >= 0.6 is 0 Å². The quantitative estimate of drug-likeness (QED) is 0.880. The third-order valence-corrected chi connectivity index (χ3v) is 6.46. The Labute approximate surface area is 127 Å². The standard InChI is InChI=1S/C19H28O2/c1-17-6-15-7-18(2,11-17)13-19(8-15,12-17)9-16(20)5-14-3-4-21-10-14/h3-4,10,15-16,20H,5-9,11-13H2,1-2H3. The lowest BCUT2D eigenvalue weighted by atomic mass is 9.39. The van der Waals surface area contributed by atoms with Gasteiger partial charge in [0.05, 0.1) is 18.6 Å². The van der Waals surface area contributed by atoms with E-state index in [9.17, 15) is 5.11 Å². The van der Waals surface area contributed by atoms with Gasteiger partial charge in [-0.05, 0) is 78.7 Å². The highest BCUT2D eigenvalue weighted by Crippen LogP contribution is 2.70. The number of aliphatic hydroxyl groups excluding tert-OH is 1. The maximum atomic E-state index is 10.6. The third kappa shape index (κ3) is 2.46. The van der Waals surface area contributed by atoms with Crippen molar-refractivity contribution in [3.63, 3.8) is 0 Å². The van der Waals surface area contributed by atoms with E-state index < -0.39 is 0 Å². The van der Waals surface area contributed by atoms with Crippen LogP contribution in [-0.2, 0) is 6.42 Å². The summed E-state index contributed by atoms with van der Waals surface area (Å²) in [6.45, 7) is 5.01. The first kappa shape index (κ1) is 13.9. The zero-order valence-electron chi connectivity index (χ0n) is 13.4. The van der Waals surface area contributed by atoms with Gasteiger partial charge >= 0.3 is 0 Å². The van der Waals surface area contributed by atoms with Gasteiger partial charge in [-0.3, -0.25) is 0 Å². The molecule has 4 fully saturated rings. The minimum Gasteiger partial charge on any atom is -0.472 e. The first-order valence-electron chi connectivity index (χ1n) is 8.57. The van der Waals surface area contributed by atoms with E-state index >= 15 is 0 Å². The molecule has 0 spiro atoms. The van der Waals surface area contributed by atoms with Crippen molar-refractivity contribution in [2.45, 2.75) is 71.3 Å². The number of hydrogen-bond acceptors (Lipinski definition) is 2. The molecule has 5 rings (SSSR count). The van der Waals surface area contributed by atoms with E-state index in [1.807, 2.05) is 6.07 Å². The van der Waals surface area contributed by atoms with Crippen molar-refractivity contribution >= 4 is 0 Å². The van der Waals surface area contributed by atoms with Crippen molar-refractivity contribution in [2.24, 2.45) is 22.2 Å². The maximum absolute atomic E-state index is 10.6. The van der Waals surface area contributed by atoms with Crippen molar-refractivity contribution in [3.05, 3.63) is 24.2 Å². The predicted molar refractivity (Wildman–Crippen MR) is 82.9 cm³/mol. The van der Waals surface area contributed by atoms with Gasteiger partial charge in [0.15, 0.2) is 0 Å². The third-order valence-electron chi connectivity index (χ3n) is 6.46. The second-order valence-electron chi connectivity index (χ2n) is 9.32. The molecule has 21 heavy (non-hydrogen) atoms. The van der Waals surface area contributed by atoms with Crippen molar-refractivity contribution in [3.8, 4) is 0 Å². The van der Waals surface area contributed by atoms with Crippen LogP contribution in [0.3, 0.4) is 0 Å². The van der Waals surface area contributed by atoms with Gasteiger partial charge < -0.3 is 9.52 Å². The van der Waals surface area contributed by atoms with Crippen molar-refractivity contribution < 1.29 is 9.52 Å². The first-order valence-corrected chi connectivity index (χ1v) is 8.57. The molecule has 1 N–H and O–H groups in total. The molecule has 1 aromatic heterocycles. The van der Waals surface area contributed by atoms with Gasteiger partial charge in [-0.15, -0.1) is 0 Å². The summed E-state index contributed by atoms with van der Waals surface area (Å²) in [4.78, 5) is 0. The lowest BCUT2D eigenvalue weighted by Gasteiger charge is -2.66. The van der Waals surface area contributed by atoms with Gasteiger partial charge in [-0.25, -0.2) is 0 Å². The summed E-state index contributed by atoms with van der Waals surface area (Å²) in [5.41, 5.74) is 2.63. The molecule has 4 aliphatic rings. The molecule has 0 aliphatic heterocycles. The zero-order valence-corrected chi connectivity index (χ0v) is 13.4. The van der Waals surface area contributed by atoms with E-state index in [1.54, 1.807) is 12.5 Å². The van der Waals surface area contributed by atoms with Gasteiger partial charge in [-0.2, -0.15) is 0 Å². The fourth-order valence-electron chi connectivity index (χ4n) is 7.16. The average molecular weight is 288 g/mol. The highest BCUT2D eigenvalue weighted by molar-refractivity contribution is 5.12. The monoisotopic (exact) mass is 288 g/mol. The van der Waals surface area contributed by atoms with Crippen molar-refractivity contribution in [1.82, 2.24) is 0 Å². The summed E-state index contributed by atoms with van der Waals surface area (Å²) in [6.07, 6.45) is 13.3. The molecule has 2 nitrogen and oxygen atoms in total. The molecule has 0 aromatic carbocycles. The summed E-state index contributed by atoms with van der Waals surface area (Å²) in [7, 11) is 0. The Morgan fingerprint density at radius 1 is 1.19 bits per heavy atom. The van der Waals surface area contributed by atoms with Crippen LogP contribution in [-0.4, -0.2) is 11.2 Å². The SMILES string of the molecule is CC12CC3CC(C)(C1)CC(CC(O)Cc1ccoc1)(C3)C2. The Bertz CT molecular complexity index is 500. The molecule has 0 saturated heterocycles. The minimum atomic E-state index is -0.217. The number of hydrogen-bond donors (Lipinski definition) is 1. The summed E-state index contributed by atoms with van der Waals surface area (Å²) in [5.74, 6) is 0.914. The van der Waals surface area contributed by atoms with E-state index in [0.29, 0.717) is 16.2 Å². The van der Waals surface area contributed by atoms with Gasteiger partial charge in [0.1, 0.15) is 0 Å². The fraction of sp³-hybridized carbons (Fsp3) is 0.789. The summed E-state index contributed by atoms with van der Waals surface area (Å²) >= 11 is 0. The van der Waals surface area contributed by atoms with Gasteiger partial charge in [0.25, 0.3) is 0 Å². The maximum Gasteiger partial charge on any atom is 0.0935 e. The van der Waals surface area contributed by atoms with E-state index in [1.165, 1.54) is 38.5 Å². The van der Waals surface area contributed by atoms with Crippen molar-refractivity contribution in [1.29, 1.82) is 0 Å². The highest BCUT2D eigenvalue weighted by Gasteiger charge is 2.60. The summed E-state index contributed by atoms with van der Waals surface area (Å²) in [5, 5.41) is 10.6. The number of rotatable bonds is 4. The predicted octanol–water partition coefficient (Wildman–Crippen LogP) is 4.57. The molecular formula is C19H28O2. The van der Waals surface area contributed by atoms with E-state index in [0.717, 1.165) is 24.3 Å². The van der Waals surface area contributed by atoms with Gasteiger partial charge in [0.2, 0.25) is 0 Å². The second kappa shape index (κ2) is 4.38. The number of aliphatic hydroxyl groups is 1. The molecule has 4 saturated carbocycles. The first-order chi connectivity index (χ1) is 9.88. The Balaban J connectivity index is 1.51. The molecule has 1 heterocycles. The molecule has 116 valence electrons. The lowest BCUT2D eigenvalue weighted by Crippen LogP contribution is -2.55. The fourth-order valence-corrected chi connectivity index (χ4v) is 7.16. The van der Waals surface area contributed by atoms with Crippen LogP contribution < -0.4 is 0 Å². The number of furan rings is 1. The molecule has 3 atom stereocenters. The largest absolute Gasteiger partial charge is 0.472 e. The molecule has 3 unspecified atom stereocenters. The average Bonchev–Trinajstić information content (AvgIpc) is 2.74. The smallest absolute Gasteiger partial charge is 0.0935 e. The molecular weight excluding hydrogens is 260 g/mol. The molecule has 4 aliphatic carbocycles. The van der Waals surface area contributed by atoms with Crippen LogP contribution in [0.2, 0.25) is 0 Å². The lowest BCUT2D eigenvalue weighted by molar-refractivity contribution is -0.156. The second-order valence-corrected chi connectivity index (χ2v) is 9.32. The van der Waals surface area contributed by atoms with E-state index in [4.69, 9.17) is 4.42 Å². The van der Waals surface area contributed by atoms with Crippen LogP contribution in [0.5, 0.6) is 0 Å². The van der Waals surface area contributed by atoms with Crippen LogP contribution in [0.15, 0.2) is 23.0 Å². The Morgan fingerprint density at radius 2 is 1.90 bits per heavy atom. The zero-order chi connectivity index (χ0) is 14.7. The Kier molecular flexibility index (Phi) is 2.89. The normalized spacial score (nSPS) is 46.0. The topological polar surface area (TPSA) is 33.4 Å². The molecule has 0 amide bonds. The minimum absolute atomic E-state index is 0.217. The Hall–Kier alpha value is -0.760. The molecule has 0 radical (unpaired) electrons. The molecule has 4 bridgehead atoms. The Morgan fingerprint density at radius 3 is 2.48 bits per heavy atom. The van der Waals surface area contributed by atoms with Crippen LogP contribution in [0.1, 0.15) is 64.4 Å². The highest BCUT2D eigenvalue weighted by atomic mass is 16.3. The van der Waals surface area contributed by atoms with E-state index in [2.05, 4.69) is 13.8 Å².